The first-order valence-corrected chi connectivity index (χ1v) is 21.7. The molecule has 0 radical (unpaired) electrons. The van der Waals surface area contributed by atoms with Crippen LogP contribution >= 0.6 is 15.8 Å². The quantitative estimate of drug-likeness (QED) is 0.0827. The number of aliphatic imine (C=N–C) groups is 2. The minimum atomic E-state index is -0.816. The van der Waals surface area contributed by atoms with Gasteiger partial charge < -0.3 is 0 Å². The summed E-state index contributed by atoms with van der Waals surface area (Å²) in [6.07, 6.45) is 4.19. The Morgan fingerprint density at radius 3 is 0.839 bits per heavy atom. The maximum absolute atomic E-state index is 5.51. The van der Waals surface area contributed by atoms with Crippen molar-refractivity contribution in [1.29, 1.82) is 0 Å². The Hall–Kier alpha value is -6.04. The molecule has 0 spiro atoms. The second-order valence-corrected chi connectivity index (χ2v) is 17.8. The Morgan fingerprint density at radius 2 is 0.536 bits per heavy atom. The molecule has 8 rings (SSSR count). The molecule has 0 saturated heterocycles. The fourth-order valence-electron chi connectivity index (χ4n) is 7.08. The minimum absolute atomic E-state index is 0.278. The fourth-order valence-corrected chi connectivity index (χ4v) is 11.9. The van der Waals surface area contributed by atoms with Crippen molar-refractivity contribution in [3.8, 4) is 0 Å². The van der Waals surface area contributed by atoms with Crippen LogP contribution in [0.3, 0.4) is 0 Å². The number of hydrogen-bond donors (Lipinski definition) is 0. The molecule has 270 valence electrons. The molecule has 2 nitrogen and oxygen atoms in total. The summed E-state index contributed by atoms with van der Waals surface area (Å²) in [5.41, 5.74) is 4.46. The predicted molar refractivity (Wildman–Crippen MR) is 244 cm³/mol. The highest BCUT2D eigenvalue weighted by molar-refractivity contribution is 7.80. The van der Waals surface area contributed by atoms with E-state index in [9.17, 15) is 0 Å². The molecular formula is C52H42N2P2. The molecule has 0 bridgehead atoms. The van der Waals surface area contributed by atoms with Crippen LogP contribution < -0.4 is 31.8 Å². The molecule has 8 aromatic rings. The Balaban J connectivity index is 1.23. The van der Waals surface area contributed by atoms with Crippen molar-refractivity contribution < 1.29 is 0 Å². The Kier molecular flexibility index (Phi) is 12.2. The molecule has 0 aliphatic heterocycles. The van der Waals surface area contributed by atoms with E-state index in [1.165, 1.54) is 31.8 Å². The van der Waals surface area contributed by atoms with Crippen LogP contribution in [0.25, 0.3) is 0 Å². The molecule has 0 N–H and O–H groups in total. The van der Waals surface area contributed by atoms with Gasteiger partial charge in [0.05, 0.1) is 0 Å². The smallest absolute Gasteiger partial charge is 0.101 e. The second-order valence-electron chi connectivity index (χ2n) is 13.4. The summed E-state index contributed by atoms with van der Waals surface area (Å²) in [5, 5.41) is 7.80. The number of hydrogen-bond acceptors (Lipinski definition) is 2. The lowest BCUT2D eigenvalue weighted by molar-refractivity contribution is 0.583. The summed E-state index contributed by atoms with van der Waals surface area (Å²) in [6.45, 7) is 0. The largest absolute Gasteiger partial charge is 0.282 e. The molecule has 0 fully saturated rings. The monoisotopic (exact) mass is 756 g/mol. The summed E-state index contributed by atoms with van der Waals surface area (Å²) in [6, 6.07) is 81.6. The van der Waals surface area contributed by atoms with Crippen LogP contribution in [0.5, 0.6) is 0 Å². The number of nitrogens with zero attached hydrogens (tertiary/aromatic N) is 2. The molecule has 0 saturated carbocycles. The van der Waals surface area contributed by atoms with E-state index in [-0.39, 0.29) is 12.1 Å². The zero-order chi connectivity index (χ0) is 37.8. The van der Waals surface area contributed by atoms with Gasteiger partial charge in [0.2, 0.25) is 0 Å². The van der Waals surface area contributed by atoms with Crippen LogP contribution in [-0.2, 0) is 0 Å². The Labute approximate surface area is 333 Å². The van der Waals surface area contributed by atoms with Crippen molar-refractivity contribution in [2.24, 2.45) is 9.98 Å². The minimum Gasteiger partial charge on any atom is -0.282 e. The standard InChI is InChI=1S/C52H42N2P2/c1-7-23-41(24-8-1)51(53-39-43-27-19-21-37-49(43)55(45-29-11-3-12-30-45)46-31-13-4-14-32-46)52(42-25-9-2-10-26-42)54-40-44-28-20-22-38-50(44)56(47-33-15-5-16-34-47)48-35-17-6-18-36-48/h1-40,51-52H. The van der Waals surface area contributed by atoms with Crippen molar-refractivity contribution in [1.82, 2.24) is 0 Å². The maximum atomic E-state index is 5.51. The van der Waals surface area contributed by atoms with Crippen LogP contribution in [0.4, 0.5) is 0 Å². The average molecular weight is 757 g/mol. The highest BCUT2D eigenvalue weighted by Crippen LogP contribution is 2.38. The summed E-state index contributed by atoms with van der Waals surface area (Å²) in [7, 11) is -1.63. The van der Waals surface area contributed by atoms with E-state index in [0.29, 0.717) is 0 Å². The first-order chi connectivity index (χ1) is 27.8. The second kappa shape index (κ2) is 18.5. The molecule has 56 heavy (non-hydrogen) atoms. The van der Waals surface area contributed by atoms with E-state index in [1.807, 2.05) is 0 Å². The van der Waals surface area contributed by atoms with Gasteiger partial charge in [0, 0.05) is 23.6 Å². The molecule has 2 unspecified atom stereocenters. The van der Waals surface area contributed by atoms with Gasteiger partial charge in [-0.3, -0.25) is 9.98 Å². The average Bonchev–Trinajstić information content (AvgIpc) is 3.28. The van der Waals surface area contributed by atoms with Crippen molar-refractivity contribution in [2.75, 3.05) is 0 Å². The topological polar surface area (TPSA) is 24.7 Å². The van der Waals surface area contributed by atoms with E-state index in [1.54, 1.807) is 0 Å². The van der Waals surface area contributed by atoms with Gasteiger partial charge in [-0.2, -0.15) is 0 Å². The maximum Gasteiger partial charge on any atom is 0.101 e. The van der Waals surface area contributed by atoms with Crippen LogP contribution in [0.1, 0.15) is 34.3 Å². The van der Waals surface area contributed by atoms with Gasteiger partial charge in [-0.25, -0.2) is 0 Å². The van der Waals surface area contributed by atoms with Crippen LogP contribution in [-0.4, -0.2) is 12.4 Å². The molecule has 0 heterocycles. The molecule has 8 aromatic carbocycles. The molecule has 2 atom stereocenters. The highest BCUT2D eigenvalue weighted by atomic mass is 31.1. The first kappa shape index (κ1) is 36.9. The van der Waals surface area contributed by atoms with Crippen LogP contribution in [0.2, 0.25) is 0 Å². The van der Waals surface area contributed by atoms with Crippen molar-refractivity contribution in [2.45, 2.75) is 12.1 Å². The van der Waals surface area contributed by atoms with Gasteiger partial charge in [-0.15, -0.1) is 0 Å². The summed E-state index contributed by atoms with van der Waals surface area (Å²) >= 11 is 0. The van der Waals surface area contributed by atoms with Crippen molar-refractivity contribution in [3.05, 3.63) is 253 Å². The van der Waals surface area contributed by atoms with Crippen molar-refractivity contribution in [3.63, 3.8) is 0 Å². The van der Waals surface area contributed by atoms with Gasteiger partial charge >= 0.3 is 0 Å². The highest BCUT2D eigenvalue weighted by Gasteiger charge is 2.25. The Morgan fingerprint density at radius 1 is 0.286 bits per heavy atom. The molecular weight excluding hydrogens is 715 g/mol. The SMILES string of the molecule is C(=NC(c1ccccc1)C(N=Cc1ccccc1P(c1ccccc1)c1ccccc1)c1ccccc1)c1ccccc1P(c1ccccc1)c1ccccc1. The van der Waals surface area contributed by atoms with E-state index in [0.717, 1.165) is 22.3 Å². The summed E-state index contributed by atoms with van der Waals surface area (Å²) < 4.78 is 0. The molecule has 0 amide bonds. The third kappa shape index (κ3) is 8.75. The lowest BCUT2D eigenvalue weighted by atomic mass is 9.94. The van der Waals surface area contributed by atoms with E-state index in [4.69, 9.17) is 9.98 Å². The van der Waals surface area contributed by atoms with Crippen molar-refractivity contribution >= 4 is 60.1 Å². The third-order valence-electron chi connectivity index (χ3n) is 9.74. The fraction of sp³-hybridized carbons (Fsp3) is 0.0385. The zero-order valence-corrected chi connectivity index (χ0v) is 32.8. The lowest BCUT2D eigenvalue weighted by Gasteiger charge is -2.24. The molecule has 4 heteroatoms. The van der Waals surface area contributed by atoms with E-state index < -0.39 is 15.8 Å². The van der Waals surface area contributed by atoms with E-state index in [2.05, 4.69) is 243 Å². The molecule has 0 aliphatic carbocycles. The zero-order valence-electron chi connectivity index (χ0n) is 31.0. The Bertz CT molecular complexity index is 2220. The van der Waals surface area contributed by atoms with Gasteiger partial charge in [-0.1, -0.05) is 231 Å². The number of rotatable bonds is 13. The molecule has 0 aliphatic rings. The van der Waals surface area contributed by atoms with Gasteiger partial charge in [0.25, 0.3) is 0 Å². The predicted octanol–water partition coefficient (Wildman–Crippen LogP) is 10.2. The van der Waals surface area contributed by atoms with Gasteiger partial charge in [0.1, 0.15) is 12.1 Å². The first-order valence-electron chi connectivity index (χ1n) is 19.0. The summed E-state index contributed by atoms with van der Waals surface area (Å²) in [4.78, 5) is 11.0. The summed E-state index contributed by atoms with van der Waals surface area (Å²) in [5.74, 6) is 0. The van der Waals surface area contributed by atoms with E-state index >= 15 is 0 Å². The van der Waals surface area contributed by atoms with Crippen LogP contribution in [0.15, 0.2) is 241 Å². The number of benzene rings is 8. The normalized spacial score (nSPS) is 12.7. The van der Waals surface area contributed by atoms with Gasteiger partial charge in [-0.05, 0) is 58.8 Å². The molecule has 0 aromatic heterocycles. The lowest BCUT2D eigenvalue weighted by Crippen LogP contribution is -2.23. The van der Waals surface area contributed by atoms with Gasteiger partial charge in [0.15, 0.2) is 0 Å². The third-order valence-corrected chi connectivity index (χ3v) is 14.8. The van der Waals surface area contributed by atoms with Crippen LogP contribution in [0, 0.1) is 0 Å².